The van der Waals surface area contributed by atoms with Gasteiger partial charge in [-0.25, -0.2) is 0 Å². The molecule has 0 bridgehead atoms. The first-order valence-corrected chi connectivity index (χ1v) is 33.6. The van der Waals surface area contributed by atoms with Crippen molar-refractivity contribution in [2.75, 3.05) is 40.9 Å². The highest BCUT2D eigenvalue weighted by Gasteiger charge is 2.27. The van der Waals surface area contributed by atoms with Crippen molar-refractivity contribution in [3.63, 3.8) is 0 Å². The molecule has 10 heteroatoms. The van der Waals surface area contributed by atoms with Crippen LogP contribution in [-0.2, 0) is 27.9 Å². The van der Waals surface area contributed by atoms with E-state index in [1.807, 2.05) is 33.3 Å². The lowest BCUT2D eigenvalue weighted by Crippen LogP contribution is -2.47. The van der Waals surface area contributed by atoms with Gasteiger partial charge in [-0.3, -0.25) is 14.2 Å². The van der Waals surface area contributed by atoms with Crippen LogP contribution in [0.1, 0.15) is 297 Å². The van der Waals surface area contributed by atoms with Crippen molar-refractivity contribution in [2.24, 2.45) is 0 Å². The van der Waals surface area contributed by atoms with Gasteiger partial charge >= 0.3 is 5.97 Å². The standard InChI is InChI=1S/C66H123N2O7P/c1-7-10-13-16-19-22-25-28-29-30-31-32-33-34-35-36-37-38-39-41-43-46-49-52-55-58-65(69)67-63(62-74-76(71,72)73-61-60-68(4,5)6)64(57-54-51-48-45-42-27-24-21-18-15-12-9-3)75-66(70)59-56-53-50-47-44-40-26-23-20-17-14-11-8-2/h19,22,28-29,31-32,34-35,54,57,63-64H,7-18,20-21,23-27,30,33,36-53,55-56,58-62H2,1-6H3,(H-,67,69,71,72)/b22-19-,29-28-,32-31-,35-34-,57-54-. The molecule has 444 valence electrons. The fourth-order valence-electron chi connectivity index (χ4n) is 9.21. The third kappa shape index (κ3) is 56.4. The number of likely N-dealkylation sites (N-methyl/N-ethyl adjacent to an activating group) is 1. The van der Waals surface area contributed by atoms with Gasteiger partial charge in [0.2, 0.25) is 5.91 Å². The Bertz CT molecular complexity index is 1490. The Morgan fingerprint density at radius 1 is 0.461 bits per heavy atom. The van der Waals surface area contributed by atoms with Gasteiger partial charge in [0.1, 0.15) is 19.3 Å². The van der Waals surface area contributed by atoms with Crippen molar-refractivity contribution >= 4 is 19.7 Å². The van der Waals surface area contributed by atoms with E-state index < -0.39 is 20.0 Å². The summed E-state index contributed by atoms with van der Waals surface area (Å²) in [5.74, 6) is -0.540. The molecule has 0 aromatic carbocycles. The number of ether oxygens (including phenoxy) is 1. The minimum absolute atomic E-state index is 0.0234. The highest BCUT2D eigenvalue weighted by Crippen LogP contribution is 2.38. The highest BCUT2D eigenvalue weighted by molar-refractivity contribution is 7.45. The summed E-state index contributed by atoms with van der Waals surface area (Å²) in [6.07, 6.45) is 70.4. The number of unbranched alkanes of at least 4 members (excludes halogenated alkanes) is 34. The summed E-state index contributed by atoms with van der Waals surface area (Å²) in [6, 6.07) is -0.890. The summed E-state index contributed by atoms with van der Waals surface area (Å²) in [5.41, 5.74) is 0. The molecule has 1 N–H and O–H groups in total. The molecule has 0 aliphatic heterocycles. The molecule has 0 radical (unpaired) electrons. The normalized spacial score (nSPS) is 14.0. The van der Waals surface area contributed by atoms with Crippen LogP contribution in [0.3, 0.4) is 0 Å². The molecule has 0 heterocycles. The number of carbonyl (C=O) groups is 2. The van der Waals surface area contributed by atoms with Crippen LogP contribution >= 0.6 is 7.82 Å². The zero-order chi connectivity index (χ0) is 55.7. The Kier molecular flexibility index (Phi) is 54.3. The molecule has 0 aromatic rings. The summed E-state index contributed by atoms with van der Waals surface area (Å²) >= 11 is 0. The van der Waals surface area contributed by atoms with Gasteiger partial charge in [0.05, 0.1) is 33.8 Å². The molecule has 0 fully saturated rings. The Hall–Kier alpha value is -2.29. The van der Waals surface area contributed by atoms with Crippen LogP contribution in [0.4, 0.5) is 0 Å². The molecule has 0 saturated carbocycles. The maximum absolute atomic E-state index is 13.5. The van der Waals surface area contributed by atoms with Crippen molar-refractivity contribution in [2.45, 2.75) is 309 Å². The van der Waals surface area contributed by atoms with Gasteiger partial charge in [-0.1, -0.05) is 268 Å². The highest BCUT2D eigenvalue weighted by atomic mass is 31.2. The lowest BCUT2D eigenvalue weighted by molar-refractivity contribution is -0.870. The predicted molar refractivity (Wildman–Crippen MR) is 325 cm³/mol. The largest absolute Gasteiger partial charge is 0.756 e. The average Bonchev–Trinajstić information content (AvgIpc) is 3.38. The van der Waals surface area contributed by atoms with Crippen LogP contribution in [0.5, 0.6) is 0 Å². The second kappa shape index (κ2) is 56.0. The van der Waals surface area contributed by atoms with E-state index in [4.69, 9.17) is 13.8 Å². The van der Waals surface area contributed by atoms with E-state index in [0.29, 0.717) is 17.4 Å². The van der Waals surface area contributed by atoms with Crippen LogP contribution in [0.2, 0.25) is 0 Å². The Balaban J connectivity index is 5.12. The molecular formula is C66H123N2O7P. The zero-order valence-electron chi connectivity index (χ0n) is 50.7. The molecule has 0 spiro atoms. The molecule has 9 nitrogen and oxygen atoms in total. The number of hydrogen-bond acceptors (Lipinski definition) is 7. The first-order valence-electron chi connectivity index (χ1n) is 32.1. The van der Waals surface area contributed by atoms with E-state index in [1.165, 1.54) is 173 Å². The van der Waals surface area contributed by atoms with E-state index in [2.05, 4.69) is 74.7 Å². The molecule has 0 aliphatic carbocycles. The molecule has 0 rings (SSSR count). The van der Waals surface area contributed by atoms with E-state index in [-0.39, 0.29) is 31.5 Å². The van der Waals surface area contributed by atoms with Gasteiger partial charge in [-0.15, -0.1) is 0 Å². The smallest absolute Gasteiger partial charge is 0.306 e. The number of amides is 1. The maximum atomic E-state index is 13.5. The first-order chi connectivity index (χ1) is 36.9. The lowest BCUT2D eigenvalue weighted by Gasteiger charge is -2.30. The van der Waals surface area contributed by atoms with Crippen molar-refractivity contribution in [1.82, 2.24) is 5.32 Å². The molecule has 76 heavy (non-hydrogen) atoms. The molecule has 0 saturated heterocycles. The summed E-state index contributed by atoms with van der Waals surface area (Å²) < 4.78 is 30.3. The van der Waals surface area contributed by atoms with Crippen LogP contribution in [0.25, 0.3) is 0 Å². The topological polar surface area (TPSA) is 114 Å². The molecule has 0 aromatic heterocycles. The number of quaternary nitrogens is 1. The van der Waals surface area contributed by atoms with Gasteiger partial charge in [0.25, 0.3) is 7.82 Å². The molecule has 3 unspecified atom stereocenters. The number of nitrogens with zero attached hydrogens (tertiary/aromatic N) is 1. The lowest BCUT2D eigenvalue weighted by atomic mass is 10.0. The number of phosphoric ester groups is 1. The summed E-state index contributed by atoms with van der Waals surface area (Å²) in [6.45, 7) is 6.83. The fourth-order valence-corrected chi connectivity index (χ4v) is 9.94. The number of allylic oxidation sites excluding steroid dienone is 9. The predicted octanol–water partition coefficient (Wildman–Crippen LogP) is 19.2. The van der Waals surface area contributed by atoms with E-state index in [0.717, 1.165) is 89.9 Å². The number of phosphoric acid groups is 1. The number of esters is 1. The molecule has 0 aliphatic rings. The monoisotopic (exact) mass is 1090 g/mol. The first kappa shape index (κ1) is 73.7. The number of rotatable bonds is 58. The van der Waals surface area contributed by atoms with Crippen molar-refractivity contribution in [3.05, 3.63) is 60.8 Å². The summed E-state index contributed by atoms with van der Waals surface area (Å²) in [7, 11) is 1.18. The third-order valence-corrected chi connectivity index (χ3v) is 15.2. The molecular weight excluding hydrogens is 964 g/mol. The second-order valence-electron chi connectivity index (χ2n) is 22.9. The van der Waals surface area contributed by atoms with Gasteiger partial charge < -0.3 is 28.5 Å². The van der Waals surface area contributed by atoms with E-state index in [9.17, 15) is 19.0 Å². The van der Waals surface area contributed by atoms with Gasteiger partial charge in [0, 0.05) is 12.8 Å². The zero-order valence-corrected chi connectivity index (χ0v) is 51.6. The van der Waals surface area contributed by atoms with E-state index in [1.54, 1.807) is 0 Å². The third-order valence-electron chi connectivity index (χ3n) is 14.2. The van der Waals surface area contributed by atoms with Crippen LogP contribution in [-0.4, -0.2) is 69.4 Å². The van der Waals surface area contributed by atoms with Gasteiger partial charge in [-0.05, 0) is 76.7 Å². The number of carbonyl (C=O) groups excluding carboxylic acids is 2. The molecule has 1 amide bonds. The number of hydrogen-bond donors (Lipinski definition) is 1. The second-order valence-corrected chi connectivity index (χ2v) is 24.3. The van der Waals surface area contributed by atoms with E-state index >= 15 is 0 Å². The Labute approximate surface area is 471 Å². The quantitative estimate of drug-likeness (QED) is 0.0212. The summed E-state index contributed by atoms with van der Waals surface area (Å²) in [5, 5.41) is 3.03. The minimum atomic E-state index is -4.70. The SMILES string of the molecule is CCCCC/C=C\C/C=C\C/C=C\C/C=C\CCCCCCCCCCCC(=O)NC(COP(=O)([O-])OCC[N+](C)(C)C)C(/C=C\CCCCCCCCCCCC)OC(=O)CCCCCCCCCCCCCCC. The molecule has 3 atom stereocenters. The Morgan fingerprint density at radius 3 is 1.22 bits per heavy atom. The fraction of sp³-hybridized carbons (Fsp3) is 0.818. The van der Waals surface area contributed by atoms with Crippen molar-refractivity contribution in [3.8, 4) is 0 Å². The van der Waals surface area contributed by atoms with Crippen molar-refractivity contribution < 1.29 is 37.3 Å². The minimum Gasteiger partial charge on any atom is -0.756 e. The van der Waals surface area contributed by atoms with Crippen LogP contribution in [0.15, 0.2) is 60.8 Å². The summed E-state index contributed by atoms with van der Waals surface area (Å²) in [4.78, 5) is 40.0. The van der Waals surface area contributed by atoms with Gasteiger partial charge in [-0.2, -0.15) is 0 Å². The average molecular weight is 1090 g/mol. The van der Waals surface area contributed by atoms with Crippen LogP contribution in [0, 0.1) is 0 Å². The number of nitrogens with one attached hydrogen (secondary N) is 1. The van der Waals surface area contributed by atoms with Crippen molar-refractivity contribution in [1.29, 1.82) is 0 Å². The maximum Gasteiger partial charge on any atom is 0.306 e. The van der Waals surface area contributed by atoms with Crippen LogP contribution < -0.4 is 10.2 Å². The Morgan fingerprint density at radius 2 is 0.803 bits per heavy atom. The van der Waals surface area contributed by atoms with Gasteiger partial charge in [0.15, 0.2) is 0 Å².